The van der Waals surface area contributed by atoms with E-state index in [0.29, 0.717) is 33.0 Å². The van der Waals surface area contributed by atoms with E-state index in [9.17, 15) is 0 Å². The molecule has 0 amide bonds. The lowest BCUT2D eigenvalue weighted by atomic mass is 9.63. The molecule has 32 radical (unpaired) electrons. The Bertz CT molecular complexity index is 2920. The number of rotatable bonds is 3. The van der Waals surface area contributed by atoms with E-state index < -0.39 is 0 Å². The second-order valence-electron chi connectivity index (χ2n) is 13.3. The standard InChI is InChI=1S/C36H8B16N2/c37-11-6-4-9(5-7-11)10-2-1-3-12(8-10)53-32-15(19(40)23(44)24(45)27(32)48)16-20(41)36(31(52)30(51)33(16)53)54-34-13(17(38)21(42)25(46)28(34)49)14-18(39)22(43)26(47)29(50)35(14)54/h1-8H. The molecule has 0 spiro atoms. The summed E-state index contributed by atoms with van der Waals surface area (Å²) in [6.45, 7) is 0. The topological polar surface area (TPSA) is 9.86 Å². The van der Waals surface area contributed by atoms with Crippen LogP contribution in [0.3, 0.4) is 0 Å². The molecule has 0 unspecified atom stereocenters. The molecular formula is C36H8B16N2. The van der Waals surface area contributed by atoms with E-state index in [2.05, 4.69) is 0 Å². The quantitative estimate of drug-likeness (QED) is 0.170. The number of benzene rings is 6. The molecule has 0 N–H and O–H groups in total. The molecule has 54 heavy (non-hydrogen) atoms. The van der Waals surface area contributed by atoms with Gasteiger partial charge >= 0.3 is 0 Å². The Balaban J connectivity index is 1.62. The zero-order valence-corrected chi connectivity index (χ0v) is 28.8. The van der Waals surface area contributed by atoms with Gasteiger partial charge in [0.15, 0.2) is 0 Å². The average Bonchev–Trinajstić information content (AvgIpc) is 3.71. The van der Waals surface area contributed by atoms with Gasteiger partial charge in [-0.15, -0.1) is 32.8 Å². The average molecular weight is 641 g/mol. The number of fused-ring (bicyclic) bond motifs is 6. The molecule has 0 aliphatic carbocycles. The molecule has 0 bridgehead atoms. The minimum absolute atomic E-state index is 0.00244. The van der Waals surface area contributed by atoms with E-state index in [1.54, 1.807) is 9.13 Å². The number of nitrogens with zero attached hydrogens (tertiary/aromatic N) is 2. The van der Waals surface area contributed by atoms with Crippen molar-refractivity contribution in [1.29, 1.82) is 0 Å². The van der Waals surface area contributed by atoms with Crippen LogP contribution >= 0.6 is 0 Å². The molecule has 2 aromatic heterocycles. The van der Waals surface area contributed by atoms with Gasteiger partial charge in [0.1, 0.15) is 126 Å². The summed E-state index contributed by atoms with van der Waals surface area (Å²) >= 11 is 0. The molecule has 0 atom stereocenters. The third-order valence-corrected chi connectivity index (χ3v) is 10.4. The summed E-state index contributed by atoms with van der Waals surface area (Å²) in [5.41, 5.74) is 4.91. The first-order valence-corrected chi connectivity index (χ1v) is 16.4. The van der Waals surface area contributed by atoms with Gasteiger partial charge in [0, 0.05) is 38.8 Å². The smallest absolute Gasteiger partial charge is 0.117 e. The Morgan fingerprint density at radius 3 is 1.11 bits per heavy atom. The summed E-state index contributed by atoms with van der Waals surface area (Å²) in [5, 5.41) is 1.25. The summed E-state index contributed by atoms with van der Waals surface area (Å²) < 4.78 is 3.35. The zero-order chi connectivity index (χ0) is 39.0. The lowest BCUT2D eigenvalue weighted by Gasteiger charge is -2.24. The van der Waals surface area contributed by atoms with Crippen LogP contribution in [-0.4, -0.2) is 135 Å². The fourth-order valence-electron chi connectivity index (χ4n) is 7.61. The third kappa shape index (κ3) is 4.83. The number of aromatic nitrogens is 2. The lowest BCUT2D eigenvalue weighted by molar-refractivity contribution is 1.19. The van der Waals surface area contributed by atoms with Crippen LogP contribution in [0.1, 0.15) is 0 Å². The summed E-state index contributed by atoms with van der Waals surface area (Å²) in [6.07, 6.45) is 0. The van der Waals surface area contributed by atoms with Crippen LogP contribution < -0.4 is 87.4 Å². The second kappa shape index (κ2) is 12.8. The van der Waals surface area contributed by atoms with Gasteiger partial charge in [0.2, 0.25) is 0 Å². The van der Waals surface area contributed by atoms with Crippen molar-refractivity contribution < 1.29 is 0 Å². The molecule has 8 aromatic rings. The Morgan fingerprint density at radius 2 is 0.667 bits per heavy atom. The SMILES string of the molecule is [B]c1ccc(-c2cccc(-n3c4c([B])c([B])c([B])c([B])c4c4c([B])c(-n5c6c([B])c([B])c([B])c([B])c6c6c([B])c([B])c([B])c([B])c65)c([B])c([B])c43)c2)cc1. The zero-order valence-electron chi connectivity index (χ0n) is 28.8. The molecular weight excluding hydrogens is 633 g/mol. The maximum Gasteiger partial charge on any atom is 0.117 e. The van der Waals surface area contributed by atoms with Crippen molar-refractivity contribution >= 4 is 257 Å². The van der Waals surface area contributed by atoms with Crippen LogP contribution in [0.4, 0.5) is 0 Å². The first-order chi connectivity index (χ1) is 25.5. The third-order valence-electron chi connectivity index (χ3n) is 10.4. The Labute approximate surface area is 335 Å². The number of hydrogen-bond donors (Lipinski definition) is 0. The summed E-state index contributed by atoms with van der Waals surface area (Å²) in [5.74, 6) is 0. The van der Waals surface area contributed by atoms with E-state index in [1.807, 2.05) is 48.5 Å². The highest BCUT2D eigenvalue weighted by Crippen LogP contribution is 2.32. The lowest BCUT2D eigenvalue weighted by Crippen LogP contribution is -2.49. The Morgan fingerprint density at radius 1 is 0.296 bits per heavy atom. The normalized spacial score (nSPS) is 11.8. The first kappa shape index (κ1) is 36.9. The minimum atomic E-state index is -0.00816. The highest BCUT2D eigenvalue weighted by molar-refractivity contribution is 6.73. The first-order valence-electron chi connectivity index (χ1n) is 16.4. The van der Waals surface area contributed by atoms with Gasteiger partial charge < -0.3 is 9.13 Å². The van der Waals surface area contributed by atoms with E-state index >= 15 is 0 Å². The maximum absolute atomic E-state index is 7.27. The van der Waals surface area contributed by atoms with Crippen LogP contribution in [0.2, 0.25) is 0 Å². The molecule has 2 nitrogen and oxygen atoms in total. The molecule has 6 aromatic carbocycles. The molecule has 0 fully saturated rings. The van der Waals surface area contributed by atoms with Crippen LogP contribution in [0.5, 0.6) is 0 Å². The van der Waals surface area contributed by atoms with Crippen LogP contribution in [0.15, 0.2) is 48.5 Å². The fraction of sp³-hybridized carbons (Fsp3) is 0. The van der Waals surface area contributed by atoms with Crippen molar-refractivity contribution in [1.82, 2.24) is 9.13 Å². The predicted octanol–water partition coefficient (Wildman–Crippen LogP) is -9.75. The second-order valence-corrected chi connectivity index (χ2v) is 13.3. The van der Waals surface area contributed by atoms with Crippen LogP contribution in [0.25, 0.3) is 66.1 Å². The highest BCUT2D eigenvalue weighted by Gasteiger charge is 2.28. The van der Waals surface area contributed by atoms with Crippen LogP contribution in [0, 0.1) is 0 Å². The summed E-state index contributed by atoms with van der Waals surface area (Å²) in [4.78, 5) is 0. The van der Waals surface area contributed by atoms with Gasteiger partial charge in [-0.25, -0.2) is 0 Å². The highest BCUT2D eigenvalue weighted by atomic mass is 15.0. The Kier molecular flexibility index (Phi) is 8.72. The number of hydrogen-bond acceptors (Lipinski definition) is 0. The van der Waals surface area contributed by atoms with Gasteiger partial charge in [-0.3, -0.25) is 0 Å². The van der Waals surface area contributed by atoms with Gasteiger partial charge in [-0.05, 0) is 39.4 Å². The van der Waals surface area contributed by atoms with E-state index in [-0.39, 0.29) is 109 Å². The summed E-state index contributed by atoms with van der Waals surface area (Å²) in [7, 11) is 106. The van der Waals surface area contributed by atoms with Crippen molar-refractivity contribution in [2.75, 3.05) is 0 Å². The monoisotopic (exact) mass is 644 g/mol. The Hall–Kier alpha value is -4.04. The van der Waals surface area contributed by atoms with Gasteiger partial charge in [0.05, 0.1) is 0 Å². The van der Waals surface area contributed by atoms with Crippen molar-refractivity contribution in [2.45, 2.75) is 0 Å². The summed E-state index contributed by atoms with van der Waals surface area (Å²) in [6, 6.07) is 15.1. The van der Waals surface area contributed by atoms with Gasteiger partial charge in [-0.1, -0.05) is 91.0 Å². The van der Waals surface area contributed by atoms with Crippen molar-refractivity contribution in [3.8, 4) is 22.5 Å². The van der Waals surface area contributed by atoms with Gasteiger partial charge in [0.25, 0.3) is 0 Å². The largest absolute Gasteiger partial charge is 0.312 e. The molecule has 0 saturated carbocycles. The van der Waals surface area contributed by atoms with E-state index in [4.69, 9.17) is 126 Å². The molecule has 0 saturated heterocycles. The maximum atomic E-state index is 7.27. The molecule has 0 aliphatic heterocycles. The van der Waals surface area contributed by atoms with Gasteiger partial charge in [-0.2, -0.15) is 0 Å². The predicted molar refractivity (Wildman–Crippen MR) is 247 cm³/mol. The van der Waals surface area contributed by atoms with Crippen molar-refractivity contribution in [3.63, 3.8) is 0 Å². The molecule has 0 aliphatic rings. The molecule has 18 heteroatoms. The van der Waals surface area contributed by atoms with E-state index in [0.717, 1.165) is 11.1 Å². The minimum Gasteiger partial charge on any atom is -0.312 e. The van der Waals surface area contributed by atoms with Crippen molar-refractivity contribution in [3.05, 3.63) is 48.5 Å². The van der Waals surface area contributed by atoms with Crippen molar-refractivity contribution in [2.24, 2.45) is 0 Å². The molecule has 8 rings (SSSR count). The van der Waals surface area contributed by atoms with Crippen LogP contribution in [-0.2, 0) is 0 Å². The van der Waals surface area contributed by atoms with E-state index in [1.165, 1.54) is 0 Å². The molecule has 210 valence electrons. The fourth-order valence-corrected chi connectivity index (χ4v) is 7.61. The molecule has 2 heterocycles.